The Hall–Kier alpha value is -1.95. The first kappa shape index (κ1) is 15.9. The molecule has 4 nitrogen and oxygen atoms in total. The first-order valence-corrected chi connectivity index (χ1v) is 7.88. The molecule has 1 aromatic heterocycles. The number of carbonyl (C=O) groups is 1. The number of hydrogen-bond donors (Lipinski definition) is 0. The molecular formula is C16H16ClF2N3O. The highest BCUT2D eigenvalue weighted by atomic mass is 35.5. The second kappa shape index (κ2) is 6.28. The van der Waals surface area contributed by atoms with Gasteiger partial charge >= 0.3 is 0 Å². The zero-order chi connectivity index (χ0) is 16.6. The Bertz CT molecular complexity index is 747. The number of likely N-dealkylation sites (tertiary alicyclic amines) is 1. The van der Waals surface area contributed by atoms with Crippen molar-refractivity contribution >= 4 is 17.5 Å². The first-order valence-electron chi connectivity index (χ1n) is 7.50. The molecule has 1 saturated heterocycles. The molecule has 122 valence electrons. The fourth-order valence-corrected chi connectivity index (χ4v) is 3.28. The van der Waals surface area contributed by atoms with Crippen molar-refractivity contribution in [3.8, 4) is 0 Å². The molecule has 0 saturated carbocycles. The number of rotatable bonds is 3. The normalized spacial score (nSPS) is 17.7. The topological polar surface area (TPSA) is 38.1 Å². The molecule has 3 rings (SSSR count). The van der Waals surface area contributed by atoms with Gasteiger partial charge in [-0.25, -0.2) is 8.78 Å². The van der Waals surface area contributed by atoms with E-state index in [9.17, 15) is 13.6 Å². The lowest BCUT2D eigenvalue weighted by atomic mass is 10.1. The molecule has 0 bridgehead atoms. The average Bonchev–Trinajstić information content (AvgIpc) is 3.17. The zero-order valence-electron chi connectivity index (χ0n) is 12.6. The number of nitrogens with zero attached hydrogens (tertiary/aromatic N) is 3. The summed E-state index contributed by atoms with van der Waals surface area (Å²) < 4.78 is 28.5. The summed E-state index contributed by atoms with van der Waals surface area (Å²) in [7, 11) is 0. The second-order valence-corrected chi connectivity index (χ2v) is 5.88. The van der Waals surface area contributed by atoms with Gasteiger partial charge in [0.25, 0.3) is 5.91 Å². The third kappa shape index (κ3) is 2.83. The molecule has 1 unspecified atom stereocenters. The van der Waals surface area contributed by atoms with Crippen molar-refractivity contribution in [1.82, 2.24) is 14.7 Å². The number of amides is 1. The van der Waals surface area contributed by atoms with Crippen LogP contribution < -0.4 is 0 Å². The Labute approximate surface area is 137 Å². The highest BCUT2D eigenvalue weighted by Crippen LogP contribution is 2.34. The number of aryl methyl sites for hydroxylation is 1. The summed E-state index contributed by atoms with van der Waals surface area (Å²) >= 11 is 5.93. The number of hydrogen-bond acceptors (Lipinski definition) is 2. The summed E-state index contributed by atoms with van der Waals surface area (Å²) in [5.41, 5.74) is 0.928. The predicted octanol–water partition coefficient (Wildman–Crippen LogP) is 3.81. The molecule has 0 radical (unpaired) electrons. The van der Waals surface area contributed by atoms with Crippen molar-refractivity contribution in [2.45, 2.75) is 32.4 Å². The third-order valence-electron chi connectivity index (χ3n) is 4.14. The molecule has 2 aromatic rings. The third-order valence-corrected chi connectivity index (χ3v) is 4.46. The van der Waals surface area contributed by atoms with Crippen molar-refractivity contribution < 1.29 is 13.6 Å². The highest BCUT2D eigenvalue weighted by Gasteiger charge is 2.33. The van der Waals surface area contributed by atoms with E-state index in [0.29, 0.717) is 13.1 Å². The Kier molecular flexibility index (Phi) is 4.35. The van der Waals surface area contributed by atoms with Gasteiger partial charge in [-0.15, -0.1) is 0 Å². The fourth-order valence-electron chi connectivity index (χ4n) is 3.05. The van der Waals surface area contributed by atoms with Gasteiger partial charge in [-0.3, -0.25) is 9.48 Å². The molecule has 1 atom stereocenters. The van der Waals surface area contributed by atoms with Crippen LogP contribution in [0.1, 0.15) is 41.9 Å². The summed E-state index contributed by atoms with van der Waals surface area (Å²) in [6.07, 6.45) is 3.34. The van der Waals surface area contributed by atoms with Gasteiger partial charge in [0.05, 0.1) is 22.3 Å². The minimum atomic E-state index is -1.08. The van der Waals surface area contributed by atoms with E-state index >= 15 is 0 Å². The van der Waals surface area contributed by atoms with E-state index in [2.05, 4.69) is 5.10 Å². The Morgan fingerprint density at radius 2 is 2.13 bits per heavy atom. The molecule has 0 N–H and O–H groups in total. The van der Waals surface area contributed by atoms with Crippen LogP contribution in [0, 0.1) is 11.6 Å². The van der Waals surface area contributed by atoms with Gasteiger partial charge in [-0.2, -0.15) is 5.10 Å². The van der Waals surface area contributed by atoms with Gasteiger partial charge in [0.2, 0.25) is 0 Å². The summed E-state index contributed by atoms with van der Waals surface area (Å²) in [5.74, 6) is -2.53. The van der Waals surface area contributed by atoms with Crippen molar-refractivity contribution in [3.05, 3.63) is 52.3 Å². The molecule has 1 aromatic carbocycles. The van der Waals surface area contributed by atoms with E-state index in [1.165, 1.54) is 0 Å². The molecule has 0 spiro atoms. The predicted molar refractivity (Wildman–Crippen MR) is 82.3 cm³/mol. The highest BCUT2D eigenvalue weighted by molar-refractivity contribution is 6.33. The number of aromatic nitrogens is 2. The van der Waals surface area contributed by atoms with E-state index in [1.807, 2.05) is 17.7 Å². The smallest absolute Gasteiger partial charge is 0.256 e. The van der Waals surface area contributed by atoms with Crippen LogP contribution in [0.5, 0.6) is 0 Å². The number of carbonyl (C=O) groups excluding carboxylic acids is 1. The van der Waals surface area contributed by atoms with Gasteiger partial charge in [0, 0.05) is 19.3 Å². The monoisotopic (exact) mass is 339 g/mol. The van der Waals surface area contributed by atoms with Crippen LogP contribution in [0.2, 0.25) is 5.02 Å². The molecule has 1 aliphatic rings. The van der Waals surface area contributed by atoms with Crippen molar-refractivity contribution in [3.63, 3.8) is 0 Å². The average molecular weight is 340 g/mol. The molecule has 23 heavy (non-hydrogen) atoms. The van der Waals surface area contributed by atoms with Gasteiger partial charge in [-0.05, 0) is 38.0 Å². The summed E-state index contributed by atoms with van der Waals surface area (Å²) in [6.45, 7) is 3.23. The Morgan fingerprint density at radius 3 is 2.87 bits per heavy atom. The SMILES string of the molecule is CCn1nccc1C1CCCN1C(=O)c1cc(F)c(F)cc1Cl. The Balaban J connectivity index is 1.94. The van der Waals surface area contributed by atoms with E-state index in [0.717, 1.165) is 30.7 Å². The number of halogens is 3. The van der Waals surface area contributed by atoms with Crippen LogP contribution in [-0.2, 0) is 6.54 Å². The summed E-state index contributed by atoms with van der Waals surface area (Å²) in [4.78, 5) is 14.4. The molecule has 0 aliphatic carbocycles. The Morgan fingerprint density at radius 1 is 1.39 bits per heavy atom. The molecule has 1 amide bonds. The summed E-state index contributed by atoms with van der Waals surface area (Å²) in [5, 5.41) is 4.15. The lowest BCUT2D eigenvalue weighted by Crippen LogP contribution is -2.32. The molecule has 2 heterocycles. The minimum Gasteiger partial charge on any atom is -0.330 e. The van der Waals surface area contributed by atoms with Crippen LogP contribution in [0.15, 0.2) is 24.4 Å². The fraction of sp³-hybridized carbons (Fsp3) is 0.375. The summed E-state index contributed by atoms with van der Waals surface area (Å²) in [6, 6.07) is 3.46. The second-order valence-electron chi connectivity index (χ2n) is 5.47. The van der Waals surface area contributed by atoms with E-state index < -0.39 is 11.6 Å². The van der Waals surface area contributed by atoms with E-state index in [4.69, 9.17) is 11.6 Å². The van der Waals surface area contributed by atoms with Gasteiger partial charge in [-0.1, -0.05) is 11.6 Å². The molecule has 7 heteroatoms. The van der Waals surface area contributed by atoms with Crippen molar-refractivity contribution in [2.75, 3.05) is 6.54 Å². The lowest BCUT2D eigenvalue weighted by Gasteiger charge is -2.25. The maximum atomic E-state index is 13.5. The maximum absolute atomic E-state index is 13.5. The van der Waals surface area contributed by atoms with E-state index in [1.54, 1.807) is 11.1 Å². The minimum absolute atomic E-state index is 0.0139. The molecule has 1 aliphatic heterocycles. The maximum Gasteiger partial charge on any atom is 0.256 e. The van der Waals surface area contributed by atoms with Crippen LogP contribution in [-0.4, -0.2) is 27.1 Å². The molecular weight excluding hydrogens is 324 g/mol. The van der Waals surface area contributed by atoms with Crippen LogP contribution in [0.4, 0.5) is 8.78 Å². The lowest BCUT2D eigenvalue weighted by molar-refractivity contribution is 0.0729. The van der Waals surface area contributed by atoms with Gasteiger partial charge in [0.15, 0.2) is 11.6 Å². The largest absolute Gasteiger partial charge is 0.330 e. The first-order chi connectivity index (χ1) is 11.0. The standard InChI is InChI=1S/C16H16ClF2N3O/c1-2-22-15(5-6-20-22)14-4-3-7-21(14)16(23)10-8-12(18)13(19)9-11(10)17/h5-6,8-9,14H,2-4,7H2,1H3. The van der Waals surface area contributed by atoms with Crippen LogP contribution in [0.25, 0.3) is 0 Å². The van der Waals surface area contributed by atoms with Crippen LogP contribution in [0.3, 0.4) is 0 Å². The van der Waals surface area contributed by atoms with Crippen molar-refractivity contribution in [2.24, 2.45) is 0 Å². The number of benzene rings is 1. The molecule has 1 fully saturated rings. The van der Waals surface area contributed by atoms with Crippen LogP contribution >= 0.6 is 11.6 Å². The zero-order valence-corrected chi connectivity index (χ0v) is 13.4. The quantitative estimate of drug-likeness (QED) is 0.797. The van der Waals surface area contributed by atoms with Gasteiger partial charge < -0.3 is 4.90 Å². The van der Waals surface area contributed by atoms with E-state index in [-0.39, 0.29) is 22.5 Å². The van der Waals surface area contributed by atoms with Crippen molar-refractivity contribution in [1.29, 1.82) is 0 Å². The van der Waals surface area contributed by atoms with Gasteiger partial charge in [0.1, 0.15) is 0 Å².